The van der Waals surface area contributed by atoms with Crippen molar-refractivity contribution in [2.45, 2.75) is 0 Å². The Kier molecular flexibility index (Phi) is 4.97. The summed E-state index contributed by atoms with van der Waals surface area (Å²) in [5.74, 6) is 4.30. The minimum absolute atomic E-state index is 0.208. The first-order valence-corrected chi connectivity index (χ1v) is 7.70. The van der Waals surface area contributed by atoms with Gasteiger partial charge in [0.05, 0.1) is 17.0 Å². The summed E-state index contributed by atoms with van der Waals surface area (Å²) in [6, 6.07) is 4.66. The summed E-state index contributed by atoms with van der Waals surface area (Å²) in [6.07, 6.45) is 0.981. The summed E-state index contributed by atoms with van der Waals surface area (Å²) in [7, 11) is -3.64. The summed E-state index contributed by atoms with van der Waals surface area (Å²) in [6.45, 7) is -0.434. The Morgan fingerprint density at radius 3 is 2.61 bits per heavy atom. The average Bonchev–Trinajstić information content (AvgIpc) is 2.25. The summed E-state index contributed by atoms with van der Waals surface area (Å²) in [4.78, 5) is 11.2. The van der Waals surface area contributed by atoms with E-state index in [-0.39, 0.29) is 10.7 Å². The van der Waals surface area contributed by atoms with Gasteiger partial charge in [-0.1, -0.05) is 27.5 Å². The van der Waals surface area contributed by atoms with Crippen LogP contribution in [0, 0.1) is 0 Å². The molecule has 0 aliphatic heterocycles. The maximum atomic E-state index is 11.7. The molecule has 0 aliphatic rings. The van der Waals surface area contributed by atoms with Gasteiger partial charge in [0, 0.05) is 4.47 Å². The fraction of sp³-hybridized carbons (Fsp3) is 0.222. The summed E-state index contributed by atoms with van der Waals surface area (Å²) in [5, 5.41) is 0.208. The molecular weight excluding hydrogens is 346 g/mol. The van der Waals surface area contributed by atoms with Gasteiger partial charge in [-0.25, -0.2) is 14.3 Å². The molecule has 9 heteroatoms. The second-order valence-electron chi connectivity index (χ2n) is 3.43. The lowest BCUT2D eigenvalue weighted by molar-refractivity contribution is -0.119. The smallest absolute Gasteiger partial charge is 0.254 e. The van der Waals surface area contributed by atoms with Crippen LogP contribution in [0.2, 0.25) is 5.02 Å². The van der Waals surface area contributed by atoms with Crippen LogP contribution in [-0.4, -0.2) is 27.1 Å². The fourth-order valence-electron chi connectivity index (χ4n) is 1.24. The summed E-state index contributed by atoms with van der Waals surface area (Å²) < 4.78 is 24.9. The van der Waals surface area contributed by atoms with Gasteiger partial charge in [0.25, 0.3) is 5.91 Å². The molecule has 1 aromatic carbocycles. The molecule has 100 valence electrons. The van der Waals surface area contributed by atoms with E-state index in [1.54, 1.807) is 6.07 Å². The zero-order chi connectivity index (χ0) is 13.9. The van der Waals surface area contributed by atoms with Gasteiger partial charge in [0.15, 0.2) is 0 Å². The van der Waals surface area contributed by atoms with Crippen molar-refractivity contribution in [3.8, 4) is 0 Å². The number of rotatable bonds is 4. The Balaban J connectivity index is 3.22. The highest BCUT2D eigenvalue weighted by Crippen LogP contribution is 2.30. The van der Waals surface area contributed by atoms with Gasteiger partial charge in [-0.15, -0.1) is 0 Å². The van der Waals surface area contributed by atoms with Gasteiger partial charge in [0.2, 0.25) is 10.0 Å². The number of sulfonamides is 1. The first kappa shape index (κ1) is 15.2. The van der Waals surface area contributed by atoms with Gasteiger partial charge in [0.1, 0.15) is 6.54 Å². The molecule has 0 radical (unpaired) electrons. The number of nitrogens with two attached hydrogens (primary N) is 1. The van der Waals surface area contributed by atoms with Crippen molar-refractivity contribution in [2.75, 3.05) is 17.1 Å². The molecule has 0 unspecified atom stereocenters. The van der Waals surface area contributed by atoms with Gasteiger partial charge in [-0.05, 0) is 18.2 Å². The van der Waals surface area contributed by atoms with Crippen LogP contribution in [-0.2, 0) is 14.8 Å². The fourth-order valence-corrected chi connectivity index (χ4v) is 2.93. The molecular formula is C9H11BrClN3O3S. The number of carbonyl (C=O) groups excluding carboxylic acids is 1. The average molecular weight is 357 g/mol. The molecule has 0 aromatic heterocycles. The van der Waals surface area contributed by atoms with E-state index >= 15 is 0 Å². The predicted molar refractivity (Wildman–Crippen MR) is 73.7 cm³/mol. The first-order chi connectivity index (χ1) is 8.25. The van der Waals surface area contributed by atoms with Gasteiger partial charge in [-0.3, -0.25) is 14.5 Å². The van der Waals surface area contributed by atoms with Gasteiger partial charge < -0.3 is 0 Å². The van der Waals surface area contributed by atoms with Crippen molar-refractivity contribution in [2.24, 2.45) is 5.84 Å². The maximum Gasteiger partial charge on any atom is 0.254 e. The number of carbonyl (C=O) groups is 1. The van der Waals surface area contributed by atoms with Crippen LogP contribution in [0.15, 0.2) is 22.7 Å². The lowest BCUT2D eigenvalue weighted by Gasteiger charge is -2.22. The molecule has 6 nitrogen and oxygen atoms in total. The monoisotopic (exact) mass is 355 g/mol. The summed E-state index contributed by atoms with van der Waals surface area (Å²) in [5.41, 5.74) is 2.08. The molecule has 18 heavy (non-hydrogen) atoms. The molecule has 0 aliphatic carbocycles. The number of hydrogen-bond acceptors (Lipinski definition) is 4. The molecule has 3 N–H and O–H groups in total. The SMILES string of the molecule is CS(=O)(=O)N(CC(=O)NN)c1ccc(Br)cc1Cl. The third kappa shape index (κ3) is 3.84. The van der Waals surface area contributed by atoms with E-state index in [1.807, 2.05) is 5.43 Å². The molecule has 0 atom stereocenters. The second kappa shape index (κ2) is 5.87. The van der Waals surface area contributed by atoms with Crippen LogP contribution in [0.25, 0.3) is 0 Å². The van der Waals surface area contributed by atoms with Crippen LogP contribution in [0.5, 0.6) is 0 Å². The molecule has 0 bridgehead atoms. The lowest BCUT2D eigenvalue weighted by atomic mass is 10.3. The Hall–Kier alpha value is -0.830. The molecule has 1 amide bonds. The van der Waals surface area contributed by atoms with E-state index in [0.29, 0.717) is 4.47 Å². The van der Waals surface area contributed by atoms with E-state index in [0.717, 1.165) is 10.6 Å². The van der Waals surface area contributed by atoms with Gasteiger partial charge >= 0.3 is 0 Å². The number of amides is 1. The summed E-state index contributed by atoms with van der Waals surface area (Å²) >= 11 is 9.17. The van der Waals surface area contributed by atoms with Crippen molar-refractivity contribution in [3.63, 3.8) is 0 Å². The number of anilines is 1. The van der Waals surface area contributed by atoms with E-state index in [4.69, 9.17) is 17.4 Å². The van der Waals surface area contributed by atoms with E-state index in [9.17, 15) is 13.2 Å². The molecule has 0 saturated carbocycles. The Morgan fingerprint density at radius 2 is 2.17 bits per heavy atom. The maximum absolute atomic E-state index is 11.7. The van der Waals surface area contributed by atoms with Gasteiger partial charge in [-0.2, -0.15) is 0 Å². The molecule has 0 saturated heterocycles. The third-order valence-corrected chi connectivity index (χ3v) is 3.95. The second-order valence-corrected chi connectivity index (χ2v) is 6.66. The first-order valence-electron chi connectivity index (χ1n) is 4.68. The highest BCUT2D eigenvalue weighted by Gasteiger charge is 2.22. The third-order valence-electron chi connectivity index (χ3n) is 2.03. The molecule has 0 spiro atoms. The van der Waals surface area contributed by atoms with Crippen molar-refractivity contribution in [1.29, 1.82) is 0 Å². The van der Waals surface area contributed by atoms with Crippen LogP contribution in [0.1, 0.15) is 0 Å². The zero-order valence-electron chi connectivity index (χ0n) is 9.35. The highest BCUT2D eigenvalue weighted by molar-refractivity contribution is 9.10. The van der Waals surface area contributed by atoms with E-state index < -0.39 is 22.5 Å². The minimum atomic E-state index is -3.64. The van der Waals surface area contributed by atoms with Crippen LogP contribution < -0.4 is 15.6 Å². The van der Waals surface area contributed by atoms with Crippen molar-refractivity contribution < 1.29 is 13.2 Å². The molecule has 0 heterocycles. The Labute approximate surface area is 118 Å². The van der Waals surface area contributed by atoms with Crippen LogP contribution in [0.3, 0.4) is 0 Å². The zero-order valence-corrected chi connectivity index (χ0v) is 12.5. The highest BCUT2D eigenvalue weighted by atomic mass is 79.9. The quantitative estimate of drug-likeness (QED) is 0.475. The standard InChI is InChI=1S/C9H11BrClN3O3S/c1-18(16,17)14(5-9(15)13-12)8-3-2-6(10)4-7(8)11/h2-4H,5,12H2,1H3,(H,13,15). The molecule has 1 rings (SSSR count). The number of hydrogen-bond donors (Lipinski definition) is 2. The minimum Gasteiger partial charge on any atom is -0.293 e. The number of hydrazine groups is 1. The van der Waals surface area contributed by atoms with Crippen LogP contribution >= 0.6 is 27.5 Å². The van der Waals surface area contributed by atoms with Crippen molar-refractivity contribution >= 4 is 49.1 Å². The topological polar surface area (TPSA) is 92.5 Å². The lowest BCUT2D eigenvalue weighted by Crippen LogP contribution is -2.42. The number of nitrogens with zero attached hydrogens (tertiary/aromatic N) is 1. The normalized spacial score (nSPS) is 11.1. The van der Waals surface area contributed by atoms with Crippen molar-refractivity contribution in [1.82, 2.24) is 5.43 Å². The van der Waals surface area contributed by atoms with Crippen molar-refractivity contribution in [3.05, 3.63) is 27.7 Å². The Bertz CT molecular complexity index is 564. The Morgan fingerprint density at radius 1 is 1.56 bits per heavy atom. The van der Waals surface area contributed by atoms with E-state index in [1.165, 1.54) is 12.1 Å². The predicted octanol–water partition coefficient (Wildman–Crippen LogP) is 0.858. The van der Waals surface area contributed by atoms with Crippen LogP contribution in [0.4, 0.5) is 5.69 Å². The number of halogens is 2. The molecule has 0 fully saturated rings. The van der Waals surface area contributed by atoms with E-state index in [2.05, 4.69) is 15.9 Å². The number of benzene rings is 1. The number of nitrogens with one attached hydrogen (secondary N) is 1. The molecule has 1 aromatic rings. The largest absolute Gasteiger partial charge is 0.293 e.